The Balaban J connectivity index is 1.39. The second-order valence-corrected chi connectivity index (χ2v) is 9.56. The molecule has 0 saturated carbocycles. The lowest BCUT2D eigenvalue weighted by Crippen LogP contribution is -2.48. The second-order valence-electron chi connectivity index (χ2n) is 9.12. The van der Waals surface area contributed by atoms with Gasteiger partial charge in [-0.1, -0.05) is 16.8 Å². The predicted molar refractivity (Wildman–Crippen MR) is 131 cm³/mol. The highest BCUT2D eigenvalue weighted by atomic mass is 35.5. The normalized spacial score (nSPS) is 19.1. The molecule has 1 saturated heterocycles. The molecule has 0 unspecified atom stereocenters. The summed E-state index contributed by atoms with van der Waals surface area (Å²) >= 11 is 6.18. The Morgan fingerprint density at radius 3 is 2.56 bits per heavy atom. The lowest BCUT2D eigenvalue weighted by Gasteiger charge is -2.33. The minimum atomic E-state index is -4.68. The summed E-state index contributed by atoms with van der Waals surface area (Å²) in [6.45, 7) is 0. The third-order valence-corrected chi connectivity index (χ3v) is 6.89. The largest absolute Gasteiger partial charge is 0.436 e. The van der Waals surface area contributed by atoms with E-state index in [0.29, 0.717) is 35.4 Å². The molecule has 3 N–H and O–H groups in total. The van der Waals surface area contributed by atoms with Crippen LogP contribution in [0.25, 0.3) is 11.3 Å². The molecule has 3 aromatic rings. The molecule has 3 heterocycles. The maximum Gasteiger partial charge on any atom is 0.436 e. The summed E-state index contributed by atoms with van der Waals surface area (Å²) in [5.41, 5.74) is 4.89. The number of nitrogens with one attached hydrogen (secondary N) is 1. The predicted octanol–water partition coefficient (Wildman–Crippen LogP) is 3.96. The number of amides is 3. The molecule has 2 atom stereocenters. The Morgan fingerprint density at radius 2 is 1.90 bits per heavy atom. The van der Waals surface area contributed by atoms with E-state index in [0.717, 1.165) is 23.0 Å². The van der Waals surface area contributed by atoms with E-state index in [9.17, 15) is 31.9 Å². The summed E-state index contributed by atoms with van der Waals surface area (Å²) in [6, 6.07) is 6.76. The van der Waals surface area contributed by atoms with E-state index < -0.39 is 41.5 Å². The molecular weight excluding hydrogens is 544 g/mol. The van der Waals surface area contributed by atoms with Crippen LogP contribution in [0.15, 0.2) is 48.7 Å². The number of hydrogen-bond donors (Lipinski definition) is 2. The maximum atomic E-state index is 14.1. The Morgan fingerprint density at radius 1 is 1.13 bits per heavy atom. The number of rotatable bonds is 5. The molecule has 1 aromatic heterocycles. The summed E-state index contributed by atoms with van der Waals surface area (Å²) in [7, 11) is 0. The summed E-state index contributed by atoms with van der Waals surface area (Å²) in [5, 5.41) is 9.66. The van der Waals surface area contributed by atoms with Gasteiger partial charge in [0.15, 0.2) is 5.69 Å². The van der Waals surface area contributed by atoms with Crippen molar-refractivity contribution in [2.24, 2.45) is 5.73 Å². The van der Waals surface area contributed by atoms with Gasteiger partial charge in [-0.05, 0) is 61.2 Å². The van der Waals surface area contributed by atoms with Gasteiger partial charge in [-0.25, -0.2) is 9.07 Å². The van der Waals surface area contributed by atoms with Gasteiger partial charge in [0.2, 0.25) is 11.8 Å². The number of carbonyl (C=O) groups excluding carboxylic acids is 3. The van der Waals surface area contributed by atoms with Gasteiger partial charge in [-0.3, -0.25) is 14.4 Å². The van der Waals surface area contributed by atoms with E-state index in [2.05, 4.69) is 15.6 Å². The quantitative estimate of drug-likeness (QED) is 0.456. The zero-order chi connectivity index (χ0) is 28.1. The number of aromatic nitrogens is 3. The monoisotopic (exact) mass is 562 g/mol. The molecule has 1 fully saturated rings. The fourth-order valence-electron chi connectivity index (χ4n) is 4.89. The highest BCUT2D eigenvalue weighted by molar-refractivity contribution is 6.30. The van der Waals surface area contributed by atoms with Crippen molar-refractivity contribution in [2.45, 2.75) is 37.5 Å². The van der Waals surface area contributed by atoms with Crippen LogP contribution in [0.3, 0.4) is 0 Å². The van der Waals surface area contributed by atoms with E-state index >= 15 is 0 Å². The number of nitrogens with zero attached hydrogens (tertiary/aromatic N) is 4. The van der Waals surface area contributed by atoms with E-state index in [1.807, 2.05) is 0 Å². The van der Waals surface area contributed by atoms with Crippen molar-refractivity contribution in [1.29, 1.82) is 0 Å². The number of nitrogens with two attached hydrogens (primary N) is 1. The Hall–Kier alpha value is -4.26. The summed E-state index contributed by atoms with van der Waals surface area (Å²) in [6.07, 6.45) is -1.48. The van der Waals surface area contributed by atoms with Crippen LogP contribution in [0, 0.1) is 5.82 Å². The molecule has 0 spiro atoms. The molecule has 5 rings (SSSR count). The molecule has 0 aliphatic carbocycles. The molecule has 202 valence electrons. The molecular formula is C25H19ClF4N6O3. The topological polar surface area (TPSA) is 123 Å². The van der Waals surface area contributed by atoms with E-state index in [4.69, 9.17) is 17.3 Å². The minimum absolute atomic E-state index is 0.0984. The first-order valence-corrected chi connectivity index (χ1v) is 12.0. The Labute approximate surface area is 223 Å². The average Bonchev–Trinajstić information content (AvgIpc) is 3.52. The summed E-state index contributed by atoms with van der Waals surface area (Å²) in [4.78, 5) is 38.9. The third kappa shape index (κ3) is 5.09. The second kappa shape index (κ2) is 9.80. The number of anilines is 1. The standard InChI is InChI=1S/C25H19ClF4N6O3/c26-13-1-5-19(35-11-21(33-34-35)25(28,29)30)17(9-13)12-7-15-3-6-20(36(15)22(37)8-12)24(39)32-14-2-4-16(23(31)38)18(27)10-14/h1-2,4-5,8-11,15,20H,3,6-7H2,(H2,31,38)(H,32,39)/t15-,20+/m1/s1. The van der Waals surface area contributed by atoms with Gasteiger partial charge in [0.05, 0.1) is 17.4 Å². The van der Waals surface area contributed by atoms with Gasteiger partial charge in [0.1, 0.15) is 11.9 Å². The van der Waals surface area contributed by atoms with E-state index in [-0.39, 0.29) is 23.0 Å². The molecule has 2 aliphatic heterocycles. The summed E-state index contributed by atoms with van der Waals surface area (Å²) in [5.74, 6) is -2.83. The van der Waals surface area contributed by atoms with Crippen molar-refractivity contribution in [2.75, 3.05) is 5.32 Å². The van der Waals surface area contributed by atoms with Gasteiger partial charge >= 0.3 is 6.18 Å². The Bertz CT molecular complexity index is 1540. The number of primary amides is 1. The first kappa shape index (κ1) is 26.4. The fourth-order valence-corrected chi connectivity index (χ4v) is 5.07. The van der Waals surface area contributed by atoms with Crippen LogP contribution in [-0.4, -0.2) is 49.7 Å². The van der Waals surface area contributed by atoms with Gasteiger partial charge in [-0.15, -0.1) is 5.10 Å². The van der Waals surface area contributed by atoms with Gasteiger partial charge in [0.25, 0.3) is 5.91 Å². The van der Waals surface area contributed by atoms with Crippen molar-refractivity contribution in [3.05, 3.63) is 76.3 Å². The van der Waals surface area contributed by atoms with E-state index in [1.54, 1.807) is 0 Å². The van der Waals surface area contributed by atoms with Crippen LogP contribution in [-0.2, 0) is 15.8 Å². The van der Waals surface area contributed by atoms with Crippen LogP contribution in [0.4, 0.5) is 23.2 Å². The van der Waals surface area contributed by atoms with E-state index in [1.165, 1.54) is 35.2 Å². The zero-order valence-corrected chi connectivity index (χ0v) is 20.6. The Kier molecular flexibility index (Phi) is 6.62. The molecule has 9 nitrogen and oxygen atoms in total. The van der Waals surface area contributed by atoms with Crippen LogP contribution in [0.5, 0.6) is 0 Å². The van der Waals surface area contributed by atoms with Crippen molar-refractivity contribution in [1.82, 2.24) is 19.9 Å². The highest BCUT2D eigenvalue weighted by Gasteiger charge is 2.43. The fraction of sp³-hybridized carbons (Fsp3) is 0.240. The van der Waals surface area contributed by atoms with Crippen LogP contribution in [0.2, 0.25) is 5.02 Å². The van der Waals surface area contributed by atoms with Crippen molar-refractivity contribution in [3.8, 4) is 5.69 Å². The van der Waals surface area contributed by atoms with Gasteiger partial charge < -0.3 is 16.0 Å². The number of hydrogen-bond acceptors (Lipinski definition) is 5. The number of alkyl halides is 3. The maximum absolute atomic E-state index is 14.1. The average molecular weight is 563 g/mol. The lowest BCUT2D eigenvalue weighted by molar-refractivity contribution is -0.141. The molecule has 14 heteroatoms. The SMILES string of the molecule is NC(=O)c1ccc(NC(=O)[C@@H]2CC[C@@H]3CC(c4cc(Cl)ccc4-n4cc(C(F)(F)F)nn4)=CC(=O)N32)cc1F. The molecule has 0 radical (unpaired) electrons. The lowest BCUT2D eigenvalue weighted by atomic mass is 9.92. The third-order valence-electron chi connectivity index (χ3n) is 6.65. The highest BCUT2D eigenvalue weighted by Crippen LogP contribution is 2.39. The van der Waals surface area contributed by atoms with Crippen LogP contribution >= 0.6 is 11.6 Å². The number of benzene rings is 2. The number of fused-ring (bicyclic) bond motifs is 1. The van der Waals surface area contributed by atoms with Crippen LogP contribution < -0.4 is 11.1 Å². The summed E-state index contributed by atoms with van der Waals surface area (Å²) < 4.78 is 54.3. The van der Waals surface area contributed by atoms with Gasteiger partial charge in [-0.2, -0.15) is 13.2 Å². The first-order valence-electron chi connectivity index (χ1n) is 11.7. The molecule has 0 bridgehead atoms. The van der Waals surface area contributed by atoms with Crippen molar-refractivity contribution in [3.63, 3.8) is 0 Å². The molecule has 39 heavy (non-hydrogen) atoms. The first-order chi connectivity index (χ1) is 18.4. The smallest absolute Gasteiger partial charge is 0.366 e. The number of halogens is 5. The number of carbonyl (C=O) groups is 3. The van der Waals surface area contributed by atoms with Crippen LogP contribution in [0.1, 0.15) is 40.9 Å². The van der Waals surface area contributed by atoms with Crippen molar-refractivity contribution < 1.29 is 31.9 Å². The zero-order valence-electron chi connectivity index (χ0n) is 19.9. The van der Waals surface area contributed by atoms with Crippen molar-refractivity contribution >= 4 is 40.6 Å². The molecule has 2 aromatic carbocycles. The molecule has 3 amide bonds. The molecule has 2 aliphatic rings. The minimum Gasteiger partial charge on any atom is -0.366 e. The van der Waals surface area contributed by atoms with Gasteiger partial charge in [0, 0.05) is 28.4 Å².